The Morgan fingerprint density at radius 2 is 1.95 bits per heavy atom. The van der Waals surface area contributed by atoms with Crippen LogP contribution in [-0.2, 0) is 4.79 Å². The van der Waals surface area contributed by atoms with Crippen LogP contribution in [0.4, 0.5) is 0 Å². The van der Waals surface area contributed by atoms with E-state index in [1.54, 1.807) is 0 Å². The van der Waals surface area contributed by atoms with Crippen LogP contribution in [0.1, 0.15) is 33.1 Å². The Balaban J connectivity index is 1.74. The predicted molar refractivity (Wildman–Crippen MR) is 94.6 cm³/mol. The summed E-state index contributed by atoms with van der Waals surface area (Å²) in [6.07, 6.45) is 2.22. The maximum absolute atomic E-state index is 11.8. The summed E-state index contributed by atoms with van der Waals surface area (Å²) >= 11 is 5.26. The fourth-order valence-electron chi connectivity index (χ4n) is 3.30. The van der Waals surface area contributed by atoms with E-state index in [2.05, 4.69) is 29.0 Å². The Morgan fingerprint density at radius 1 is 1.27 bits per heavy atom. The number of aliphatic imine (C=N–C) groups is 1. The molecule has 2 fully saturated rings. The fraction of sp³-hybridized carbons (Fsp3) is 0.812. The average molecular weight is 324 g/mol. The molecular formula is C16H28N4OS. The molecule has 0 amide bonds. The van der Waals surface area contributed by atoms with Crippen LogP contribution < -0.4 is 5.32 Å². The van der Waals surface area contributed by atoms with Crippen LogP contribution in [0, 0.1) is 5.41 Å². The quantitative estimate of drug-likeness (QED) is 0.794. The van der Waals surface area contributed by atoms with Gasteiger partial charge < -0.3 is 10.2 Å². The first-order chi connectivity index (χ1) is 10.4. The summed E-state index contributed by atoms with van der Waals surface area (Å²) in [6, 6.07) is 0. The predicted octanol–water partition coefficient (Wildman–Crippen LogP) is 1.33. The molecule has 6 heteroatoms. The van der Waals surface area contributed by atoms with E-state index in [0.29, 0.717) is 18.6 Å². The average Bonchev–Trinajstić information content (AvgIpc) is 2.45. The highest BCUT2D eigenvalue weighted by molar-refractivity contribution is 7.80. The summed E-state index contributed by atoms with van der Waals surface area (Å²) in [5.74, 6) is 0.337. The summed E-state index contributed by atoms with van der Waals surface area (Å²) in [7, 11) is 1.87. The number of nitrogens with one attached hydrogen (secondary N) is 1. The Hall–Kier alpha value is -1.01. The monoisotopic (exact) mass is 324 g/mol. The van der Waals surface area contributed by atoms with E-state index in [-0.39, 0.29) is 5.41 Å². The first-order valence-electron chi connectivity index (χ1n) is 8.12. The van der Waals surface area contributed by atoms with E-state index < -0.39 is 0 Å². The van der Waals surface area contributed by atoms with Crippen molar-refractivity contribution in [2.75, 3.05) is 46.3 Å². The van der Waals surface area contributed by atoms with Gasteiger partial charge in [0.25, 0.3) is 0 Å². The van der Waals surface area contributed by atoms with E-state index >= 15 is 0 Å². The van der Waals surface area contributed by atoms with E-state index in [4.69, 9.17) is 17.2 Å². The zero-order valence-corrected chi connectivity index (χ0v) is 14.8. The number of piperazine rings is 1. The number of rotatable bonds is 3. The van der Waals surface area contributed by atoms with Gasteiger partial charge in [0.15, 0.2) is 5.11 Å². The Kier molecular flexibility index (Phi) is 5.92. The fourth-order valence-corrected chi connectivity index (χ4v) is 3.48. The van der Waals surface area contributed by atoms with Gasteiger partial charge in [0, 0.05) is 58.3 Å². The second kappa shape index (κ2) is 7.51. The molecule has 124 valence electrons. The molecule has 2 rings (SSSR count). The number of ketones is 1. The van der Waals surface area contributed by atoms with Gasteiger partial charge in [0.2, 0.25) is 0 Å². The van der Waals surface area contributed by atoms with E-state index in [1.807, 2.05) is 7.05 Å². The van der Waals surface area contributed by atoms with Crippen molar-refractivity contribution in [1.29, 1.82) is 0 Å². The van der Waals surface area contributed by atoms with Gasteiger partial charge in [0.05, 0.1) is 6.54 Å². The number of hydrogen-bond donors (Lipinski definition) is 1. The third-order valence-corrected chi connectivity index (χ3v) is 4.85. The number of nitrogens with zero attached hydrogens (tertiary/aromatic N) is 3. The molecule has 0 spiro atoms. The molecule has 0 atom stereocenters. The highest BCUT2D eigenvalue weighted by atomic mass is 32.1. The van der Waals surface area contributed by atoms with Crippen molar-refractivity contribution < 1.29 is 4.79 Å². The minimum Gasteiger partial charge on any atom is -0.366 e. The van der Waals surface area contributed by atoms with Crippen molar-refractivity contribution in [3.05, 3.63) is 0 Å². The molecule has 0 aromatic rings. The lowest BCUT2D eigenvalue weighted by Gasteiger charge is -2.35. The minimum atomic E-state index is 0.0860. The lowest BCUT2D eigenvalue weighted by molar-refractivity contribution is -0.120. The van der Waals surface area contributed by atoms with Gasteiger partial charge in [-0.05, 0) is 24.1 Å². The zero-order valence-electron chi connectivity index (χ0n) is 14.0. The Labute approximate surface area is 139 Å². The first kappa shape index (κ1) is 17.3. The highest BCUT2D eigenvalue weighted by Gasteiger charge is 2.30. The van der Waals surface area contributed by atoms with Crippen LogP contribution in [-0.4, -0.2) is 72.7 Å². The molecule has 2 aliphatic rings. The van der Waals surface area contributed by atoms with E-state index in [0.717, 1.165) is 56.5 Å². The molecule has 0 aromatic carbocycles. The molecule has 1 saturated carbocycles. The molecule has 1 N–H and O–H groups in total. The van der Waals surface area contributed by atoms with Gasteiger partial charge in [0.1, 0.15) is 5.78 Å². The van der Waals surface area contributed by atoms with Gasteiger partial charge in [-0.1, -0.05) is 13.8 Å². The van der Waals surface area contributed by atoms with Gasteiger partial charge >= 0.3 is 0 Å². The maximum Gasteiger partial charge on any atom is 0.168 e. The van der Waals surface area contributed by atoms with Crippen LogP contribution in [0.15, 0.2) is 4.99 Å². The molecular weight excluding hydrogens is 296 g/mol. The summed E-state index contributed by atoms with van der Waals surface area (Å²) in [4.78, 5) is 21.1. The lowest BCUT2D eigenvalue weighted by atomic mass is 9.76. The number of thiocarbonyl (C=S) groups is 1. The number of hydrogen-bond acceptors (Lipinski definition) is 4. The zero-order chi connectivity index (χ0) is 16.2. The van der Waals surface area contributed by atoms with Crippen molar-refractivity contribution in [3.63, 3.8) is 0 Å². The van der Waals surface area contributed by atoms with Crippen LogP contribution in [0.3, 0.4) is 0 Å². The van der Waals surface area contributed by atoms with E-state index in [9.17, 15) is 4.79 Å². The lowest BCUT2D eigenvalue weighted by Crippen LogP contribution is -2.51. The maximum atomic E-state index is 11.8. The highest BCUT2D eigenvalue weighted by Crippen LogP contribution is 2.31. The van der Waals surface area contributed by atoms with Crippen LogP contribution in [0.5, 0.6) is 0 Å². The molecule has 1 heterocycles. The van der Waals surface area contributed by atoms with Gasteiger partial charge in [-0.2, -0.15) is 0 Å². The van der Waals surface area contributed by atoms with Crippen LogP contribution in [0.2, 0.25) is 0 Å². The van der Waals surface area contributed by atoms with Gasteiger partial charge in [-0.25, -0.2) is 0 Å². The molecule has 5 nitrogen and oxygen atoms in total. The molecule has 1 saturated heterocycles. The van der Waals surface area contributed by atoms with Crippen molar-refractivity contribution in [2.24, 2.45) is 10.4 Å². The van der Waals surface area contributed by atoms with Crippen molar-refractivity contribution in [2.45, 2.75) is 33.1 Å². The summed E-state index contributed by atoms with van der Waals surface area (Å²) in [6.45, 7) is 10.1. The number of Topliss-reactive ketones (excluding diaryl/α,β-unsaturated/α-hetero) is 1. The van der Waals surface area contributed by atoms with Gasteiger partial charge in [-0.3, -0.25) is 14.7 Å². The normalized spacial score (nSPS) is 24.6. The summed E-state index contributed by atoms with van der Waals surface area (Å²) < 4.78 is 0. The standard InChI is InChI=1S/C16H28N4OS/c1-16(2)11-13(10-14(21)12-16)18-4-5-19-6-8-20(9-7-19)15(22)17-3/h4-12H2,1-3H3,(H,17,22). The van der Waals surface area contributed by atoms with E-state index in [1.165, 1.54) is 0 Å². The van der Waals surface area contributed by atoms with Crippen molar-refractivity contribution >= 4 is 28.8 Å². The first-order valence-corrected chi connectivity index (χ1v) is 8.53. The number of carbonyl (C=O) groups excluding carboxylic acids is 1. The van der Waals surface area contributed by atoms with Crippen molar-refractivity contribution in [3.8, 4) is 0 Å². The second-order valence-electron chi connectivity index (χ2n) is 7.07. The van der Waals surface area contributed by atoms with Crippen LogP contribution >= 0.6 is 12.2 Å². The molecule has 0 bridgehead atoms. The Bertz CT molecular complexity index is 453. The minimum absolute atomic E-state index is 0.0860. The molecule has 1 aliphatic carbocycles. The van der Waals surface area contributed by atoms with Crippen molar-refractivity contribution in [1.82, 2.24) is 15.1 Å². The molecule has 0 radical (unpaired) electrons. The number of carbonyl (C=O) groups is 1. The summed E-state index contributed by atoms with van der Waals surface area (Å²) in [5, 5.41) is 3.87. The topological polar surface area (TPSA) is 47.9 Å². The molecule has 22 heavy (non-hydrogen) atoms. The Morgan fingerprint density at radius 3 is 2.55 bits per heavy atom. The third-order valence-electron chi connectivity index (χ3n) is 4.38. The second-order valence-corrected chi connectivity index (χ2v) is 7.45. The SMILES string of the molecule is CNC(=S)N1CCN(CCN=C2CC(=O)CC(C)(C)C2)CC1. The van der Waals surface area contributed by atoms with Crippen LogP contribution in [0.25, 0.3) is 0 Å². The smallest absolute Gasteiger partial charge is 0.168 e. The summed E-state index contributed by atoms with van der Waals surface area (Å²) in [5.41, 5.74) is 1.18. The molecule has 0 unspecified atom stereocenters. The largest absolute Gasteiger partial charge is 0.366 e. The molecule has 1 aliphatic heterocycles. The van der Waals surface area contributed by atoms with Gasteiger partial charge in [-0.15, -0.1) is 0 Å². The third kappa shape index (κ3) is 5.02. The molecule has 0 aromatic heterocycles.